The molecule has 5 heteroatoms. The molecule has 2 heterocycles. The smallest absolute Gasteiger partial charge is 0.220 e. The molecule has 1 aliphatic heterocycles. The van der Waals surface area contributed by atoms with Gasteiger partial charge in [-0.25, -0.2) is 0 Å². The third-order valence-corrected chi connectivity index (χ3v) is 2.96. The van der Waals surface area contributed by atoms with Crippen LogP contribution in [0.4, 0.5) is 0 Å². The minimum absolute atomic E-state index is 0.157. The normalized spacial score (nSPS) is 20.1. The highest BCUT2D eigenvalue weighted by molar-refractivity contribution is 5.78. The predicted octanol–water partition coefficient (Wildman–Crippen LogP) is 0.660. The number of carbonyl (C=O) groups excluding carboxylic acids is 1. The van der Waals surface area contributed by atoms with Gasteiger partial charge in [0, 0.05) is 31.1 Å². The van der Waals surface area contributed by atoms with E-state index < -0.39 is 0 Å². The Balaban J connectivity index is 1.78. The van der Waals surface area contributed by atoms with Crippen LogP contribution in [0, 0.1) is 13.8 Å². The fourth-order valence-corrected chi connectivity index (χ4v) is 1.96. The molecule has 1 aromatic rings. The fraction of sp³-hybridized carbons (Fsp3) is 0.636. The van der Waals surface area contributed by atoms with Crippen LogP contribution in [0.25, 0.3) is 0 Å². The van der Waals surface area contributed by atoms with Gasteiger partial charge in [-0.05, 0) is 20.3 Å². The zero-order chi connectivity index (χ0) is 11.5. The number of rotatable bonds is 4. The van der Waals surface area contributed by atoms with Crippen LogP contribution in [0.5, 0.6) is 0 Å². The zero-order valence-corrected chi connectivity index (χ0v) is 9.67. The Morgan fingerprint density at radius 1 is 1.56 bits per heavy atom. The summed E-state index contributed by atoms with van der Waals surface area (Å²) in [5.74, 6) is 1.02. The second-order valence-corrected chi connectivity index (χ2v) is 4.24. The topological polar surface area (TPSA) is 67.2 Å². The summed E-state index contributed by atoms with van der Waals surface area (Å²) in [4.78, 5) is 11.0. The monoisotopic (exact) mass is 223 g/mol. The van der Waals surface area contributed by atoms with Crippen LogP contribution in [-0.2, 0) is 11.3 Å². The lowest BCUT2D eigenvalue weighted by atomic mass is 10.2. The summed E-state index contributed by atoms with van der Waals surface area (Å²) in [5, 5.41) is 10.1. The van der Waals surface area contributed by atoms with Gasteiger partial charge in [0.05, 0.1) is 5.69 Å². The Hall–Kier alpha value is -1.36. The van der Waals surface area contributed by atoms with Crippen molar-refractivity contribution in [1.82, 2.24) is 15.8 Å². The minimum Gasteiger partial charge on any atom is -0.361 e. The van der Waals surface area contributed by atoms with E-state index >= 15 is 0 Å². The summed E-state index contributed by atoms with van der Waals surface area (Å²) in [6.45, 7) is 5.39. The number of aryl methyl sites for hydroxylation is 2. The van der Waals surface area contributed by atoms with E-state index in [0.717, 1.165) is 36.5 Å². The van der Waals surface area contributed by atoms with E-state index in [9.17, 15) is 4.79 Å². The van der Waals surface area contributed by atoms with E-state index in [1.54, 1.807) is 0 Å². The molecule has 1 fully saturated rings. The molecule has 1 unspecified atom stereocenters. The van der Waals surface area contributed by atoms with Gasteiger partial charge in [-0.1, -0.05) is 5.16 Å². The highest BCUT2D eigenvalue weighted by Crippen LogP contribution is 2.12. The molecule has 2 rings (SSSR count). The van der Waals surface area contributed by atoms with Crippen molar-refractivity contribution in [3.8, 4) is 0 Å². The number of hydrogen-bond acceptors (Lipinski definition) is 4. The first-order valence-electron chi connectivity index (χ1n) is 5.58. The molecule has 1 aromatic heterocycles. The van der Waals surface area contributed by atoms with Crippen molar-refractivity contribution in [3.05, 3.63) is 17.0 Å². The SMILES string of the molecule is Cc1noc(C)c1CNCC1CCC(=O)N1. The van der Waals surface area contributed by atoms with Crippen LogP contribution in [0.3, 0.4) is 0 Å². The van der Waals surface area contributed by atoms with E-state index in [-0.39, 0.29) is 11.9 Å². The standard InChI is InChI=1S/C11H17N3O2/c1-7-10(8(2)16-14-7)6-12-5-9-3-4-11(15)13-9/h9,12H,3-6H2,1-2H3,(H,13,15). The van der Waals surface area contributed by atoms with Crippen LogP contribution in [0.1, 0.15) is 29.9 Å². The lowest BCUT2D eigenvalue weighted by molar-refractivity contribution is -0.119. The molecule has 0 bridgehead atoms. The molecule has 1 atom stereocenters. The third-order valence-electron chi connectivity index (χ3n) is 2.96. The van der Waals surface area contributed by atoms with Crippen molar-refractivity contribution in [2.24, 2.45) is 0 Å². The van der Waals surface area contributed by atoms with Crippen LogP contribution in [0.2, 0.25) is 0 Å². The molecule has 2 N–H and O–H groups in total. The van der Waals surface area contributed by atoms with Crippen LogP contribution in [-0.4, -0.2) is 23.7 Å². The van der Waals surface area contributed by atoms with E-state index in [1.165, 1.54) is 0 Å². The predicted molar refractivity (Wildman–Crippen MR) is 58.8 cm³/mol. The maximum absolute atomic E-state index is 11.0. The zero-order valence-electron chi connectivity index (χ0n) is 9.67. The molecule has 0 saturated carbocycles. The van der Waals surface area contributed by atoms with Crippen molar-refractivity contribution in [2.45, 2.75) is 39.3 Å². The second kappa shape index (κ2) is 4.65. The molecule has 1 amide bonds. The quantitative estimate of drug-likeness (QED) is 0.787. The first-order valence-corrected chi connectivity index (χ1v) is 5.58. The van der Waals surface area contributed by atoms with Crippen LogP contribution in [0.15, 0.2) is 4.52 Å². The Morgan fingerprint density at radius 3 is 2.94 bits per heavy atom. The van der Waals surface area contributed by atoms with Crippen LogP contribution >= 0.6 is 0 Å². The molecular weight excluding hydrogens is 206 g/mol. The van der Waals surface area contributed by atoms with Gasteiger partial charge in [-0.3, -0.25) is 4.79 Å². The van der Waals surface area contributed by atoms with E-state index in [1.807, 2.05) is 13.8 Å². The van der Waals surface area contributed by atoms with E-state index in [0.29, 0.717) is 6.42 Å². The van der Waals surface area contributed by atoms with E-state index in [4.69, 9.17) is 4.52 Å². The summed E-state index contributed by atoms with van der Waals surface area (Å²) in [6.07, 6.45) is 1.57. The number of aromatic nitrogens is 1. The number of hydrogen-bond donors (Lipinski definition) is 2. The first kappa shape index (κ1) is 11.1. The van der Waals surface area contributed by atoms with Gasteiger partial charge in [0.15, 0.2) is 0 Å². The van der Waals surface area contributed by atoms with Crippen molar-refractivity contribution < 1.29 is 9.32 Å². The average Bonchev–Trinajstić information content (AvgIpc) is 2.78. The number of nitrogens with one attached hydrogen (secondary N) is 2. The van der Waals surface area contributed by atoms with Gasteiger partial charge in [0.2, 0.25) is 5.91 Å². The summed E-state index contributed by atoms with van der Waals surface area (Å²) in [5.41, 5.74) is 2.05. The van der Waals surface area contributed by atoms with Crippen LogP contribution < -0.4 is 10.6 Å². The summed E-state index contributed by atoms with van der Waals surface area (Å²) in [7, 11) is 0. The lowest BCUT2D eigenvalue weighted by Crippen LogP contribution is -2.35. The second-order valence-electron chi connectivity index (χ2n) is 4.24. The molecule has 1 aliphatic rings. The lowest BCUT2D eigenvalue weighted by Gasteiger charge is -2.10. The molecular formula is C11H17N3O2. The number of carbonyl (C=O) groups is 1. The van der Waals surface area contributed by atoms with Crippen molar-refractivity contribution in [1.29, 1.82) is 0 Å². The Kier molecular flexibility index (Phi) is 3.24. The summed E-state index contributed by atoms with van der Waals surface area (Å²) >= 11 is 0. The van der Waals surface area contributed by atoms with Gasteiger partial charge in [0.1, 0.15) is 5.76 Å². The maximum atomic E-state index is 11.0. The minimum atomic E-state index is 0.157. The average molecular weight is 223 g/mol. The van der Waals surface area contributed by atoms with Crippen molar-refractivity contribution in [2.75, 3.05) is 6.54 Å². The largest absolute Gasteiger partial charge is 0.361 e. The van der Waals surface area contributed by atoms with Gasteiger partial charge < -0.3 is 15.2 Å². The molecule has 16 heavy (non-hydrogen) atoms. The van der Waals surface area contributed by atoms with Gasteiger partial charge >= 0.3 is 0 Å². The molecule has 0 spiro atoms. The molecule has 1 saturated heterocycles. The molecule has 0 aliphatic carbocycles. The Morgan fingerprint density at radius 2 is 2.38 bits per heavy atom. The first-order chi connectivity index (χ1) is 7.66. The number of nitrogens with zero attached hydrogens (tertiary/aromatic N) is 1. The highest BCUT2D eigenvalue weighted by Gasteiger charge is 2.20. The highest BCUT2D eigenvalue weighted by atomic mass is 16.5. The number of amides is 1. The summed E-state index contributed by atoms with van der Waals surface area (Å²) in [6, 6.07) is 0.271. The Bertz CT molecular complexity index is 367. The third kappa shape index (κ3) is 2.41. The van der Waals surface area contributed by atoms with Gasteiger partial charge in [0.25, 0.3) is 0 Å². The molecule has 5 nitrogen and oxygen atoms in total. The van der Waals surface area contributed by atoms with Gasteiger partial charge in [-0.15, -0.1) is 0 Å². The molecule has 88 valence electrons. The van der Waals surface area contributed by atoms with Crippen molar-refractivity contribution >= 4 is 5.91 Å². The Labute approximate surface area is 94.6 Å². The fourth-order valence-electron chi connectivity index (χ4n) is 1.96. The maximum Gasteiger partial charge on any atom is 0.220 e. The molecule has 0 aromatic carbocycles. The van der Waals surface area contributed by atoms with Crippen molar-refractivity contribution in [3.63, 3.8) is 0 Å². The van der Waals surface area contributed by atoms with E-state index in [2.05, 4.69) is 15.8 Å². The molecule has 0 radical (unpaired) electrons. The van der Waals surface area contributed by atoms with Gasteiger partial charge in [-0.2, -0.15) is 0 Å². The summed E-state index contributed by atoms with van der Waals surface area (Å²) < 4.78 is 5.08.